The number of methoxy groups -OCH3 is 2. The van der Waals surface area contributed by atoms with E-state index in [0.717, 1.165) is 21.3 Å². The van der Waals surface area contributed by atoms with Gasteiger partial charge in [-0.05, 0) is 18.2 Å². The van der Waals surface area contributed by atoms with Crippen molar-refractivity contribution < 1.29 is 14.2 Å². The Morgan fingerprint density at radius 2 is 1.97 bits per heavy atom. The Hall–Kier alpha value is -2.78. The van der Waals surface area contributed by atoms with Crippen molar-refractivity contribution in [3.8, 4) is 28.6 Å². The van der Waals surface area contributed by atoms with Crippen LogP contribution >= 0.6 is 27.7 Å². The van der Waals surface area contributed by atoms with Crippen LogP contribution in [0.1, 0.15) is 11.8 Å². The SMILES string of the molecule is C=CCSc1nnc2c(n1)O[C@H](c1cc(OC)c(OC)cc1Br)Nc1ccccc1-2. The molecule has 30 heavy (non-hydrogen) atoms. The minimum Gasteiger partial charge on any atom is -0.493 e. The zero-order valence-electron chi connectivity index (χ0n) is 16.4. The molecule has 0 spiro atoms. The normalized spacial score (nSPS) is 14.4. The zero-order chi connectivity index (χ0) is 21.1. The summed E-state index contributed by atoms with van der Waals surface area (Å²) < 4.78 is 18.0. The van der Waals surface area contributed by atoms with Crippen molar-refractivity contribution >= 4 is 33.4 Å². The summed E-state index contributed by atoms with van der Waals surface area (Å²) in [4.78, 5) is 4.60. The first-order chi connectivity index (χ1) is 14.6. The van der Waals surface area contributed by atoms with Crippen LogP contribution in [0.4, 0.5) is 5.69 Å². The molecule has 2 heterocycles. The predicted molar refractivity (Wildman–Crippen MR) is 120 cm³/mol. The van der Waals surface area contributed by atoms with E-state index in [1.165, 1.54) is 11.8 Å². The minimum absolute atomic E-state index is 0.403. The van der Waals surface area contributed by atoms with Crippen molar-refractivity contribution in [2.75, 3.05) is 25.3 Å². The molecule has 1 aliphatic rings. The molecule has 0 unspecified atom stereocenters. The van der Waals surface area contributed by atoms with Crippen LogP contribution in [-0.4, -0.2) is 35.2 Å². The van der Waals surface area contributed by atoms with Gasteiger partial charge in [0.2, 0.25) is 11.0 Å². The van der Waals surface area contributed by atoms with Gasteiger partial charge in [0.25, 0.3) is 0 Å². The first kappa shape index (κ1) is 20.5. The second kappa shape index (κ2) is 8.93. The highest BCUT2D eigenvalue weighted by molar-refractivity contribution is 9.10. The topological polar surface area (TPSA) is 78.4 Å². The predicted octanol–water partition coefficient (Wildman–Crippen LogP) is 5.10. The third-order valence-electron chi connectivity index (χ3n) is 4.45. The van der Waals surface area contributed by atoms with Gasteiger partial charge in [-0.1, -0.05) is 52.0 Å². The van der Waals surface area contributed by atoms with Gasteiger partial charge in [-0.15, -0.1) is 16.8 Å². The average Bonchev–Trinajstić information content (AvgIpc) is 2.93. The third-order valence-corrected chi connectivity index (χ3v) is 5.97. The Morgan fingerprint density at radius 3 is 2.73 bits per heavy atom. The molecule has 0 amide bonds. The molecule has 0 aliphatic carbocycles. The molecule has 0 bridgehead atoms. The standard InChI is InChI=1S/C21H19BrN4O3S/c1-4-9-30-21-24-20-18(25-26-21)12-7-5-6-8-15(12)23-19(29-20)13-10-16(27-2)17(28-3)11-14(13)22/h4-8,10-11,19,23H,1,9H2,2-3H3/t19-/m1/s1. The molecule has 0 radical (unpaired) electrons. The first-order valence-electron chi connectivity index (χ1n) is 9.07. The molecule has 4 rings (SSSR count). The van der Waals surface area contributed by atoms with Crippen LogP contribution < -0.4 is 19.5 Å². The van der Waals surface area contributed by atoms with Gasteiger partial charge in [-0.25, -0.2) is 0 Å². The fourth-order valence-corrected chi connectivity index (χ4v) is 4.10. The van der Waals surface area contributed by atoms with Gasteiger partial charge >= 0.3 is 0 Å². The van der Waals surface area contributed by atoms with Crippen molar-refractivity contribution in [1.82, 2.24) is 15.2 Å². The number of nitrogens with zero attached hydrogens (tertiary/aromatic N) is 3. The van der Waals surface area contributed by atoms with Gasteiger partial charge in [0, 0.05) is 27.0 Å². The molecule has 3 aromatic rings. The second-order valence-corrected chi connectivity index (χ2v) is 8.11. The number of ether oxygens (including phenoxy) is 3. The van der Waals surface area contributed by atoms with E-state index in [2.05, 4.69) is 43.0 Å². The van der Waals surface area contributed by atoms with Crippen molar-refractivity contribution in [1.29, 1.82) is 0 Å². The van der Waals surface area contributed by atoms with Crippen molar-refractivity contribution in [3.05, 3.63) is 59.1 Å². The lowest BCUT2D eigenvalue weighted by Crippen LogP contribution is -2.18. The van der Waals surface area contributed by atoms with Crippen LogP contribution in [0.25, 0.3) is 11.3 Å². The lowest BCUT2D eigenvalue weighted by molar-refractivity contribution is 0.223. The highest BCUT2D eigenvalue weighted by atomic mass is 79.9. The largest absolute Gasteiger partial charge is 0.493 e. The van der Waals surface area contributed by atoms with Crippen LogP contribution in [-0.2, 0) is 0 Å². The minimum atomic E-state index is -0.546. The van der Waals surface area contributed by atoms with Crippen LogP contribution in [0.15, 0.2) is 58.7 Å². The van der Waals surface area contributed by atoms with E-state index in [9.17, 15) is 0 Å². The monoisotopic (exact) mass is 486 g/mol. The van der Waals surface area contributed by atoms with Crippen LogP contribution in [0, 0.1) is 0 Å². The molecule has 0 saturated carbocycles. The smallest absolute Gasteiger partial charge is 0.247 e. The Kier molecular flexibility index (Phi) is 6.10. The zero-order valence-corrected chi connectivity index (χ0v) is 18.8. The summed E-state index contributed by atoms with van der Waals surface area (Å²) in [5.41, 5.74) is 3.15. The quantitative estimate of drug-likeness (QED) is 0.380. The molecule has 1 N–H and O–H groups in total. The summed E-state index contributed by atoms with van der Waals surface area (Å²) in [6.07, 6.45) is 1.25. The maximum absolute atomic E-state index is 6.31. The number of anilines is 1. The van der Waals surface area contributed by atoms with E-state index in [4.69, 9.17) is 14.2 Å². The average molecular weight is 487 g/mol. The number of para-hydroxylation sites is 1. The lowest BCUT2D eigenvalue weighted by Gasteiger charge is -2.22. The Labute approximate surface area is 187 Å². The molecule has 0 saturated heterocycles. The summed E-state index contributed by atoms with van der Waals surface area (Å²) >= 11 is 5.07. The maximum atomic E-state index is 6.31. The number of benzene rings is 2. The molecule has 1 aliphatic heterocycles. The van der Waals surface area contributed by atoms with Gasteiger partial charge < -0.3 is 19.5 Å². The third kappa shape index (κ3) is 3.95. The number of rotatable bonds is 6. The highest BCUT2D eigenvalue weighted by Gasteiger charge is 2.28. The molecule has 154 valence electrons. The second-order valence-electron chi connectivity index (χ2n) is 6.26. The maximum Gasteiger partial charge on any atom is 0.247 e. The fourth-order valence-electron chi connectivity index (χ4n) is 3.05. The van der Waals surface area contributed by atoms with E-state index in [0.29, 0.717) is 34.0 Å². The highest BCUT2D eigenvalue weighted by Crippen LogP contribution is 2.43. The molecule has 7 nitrogen and oxygen atoms in total. The van der Waals surface area contributed by atoms with E-state index >= 15 is 0 Å². The fraction of sp³-hybridized carbons (Fsp3) is 0.190. The van der Waals surface area contributed by atoms with Crippen molar-refractivity contribution in [2.24, 2.45) is 0 Å². The lowest BCUT2D eigenvalue weighted by atomic mass is 10.1. The molecule has 2 aromatic carbocycles. The summed E-state index contributed by atoms with van der Waals surface area (Å²) in [6.45, 7) is 3.73. The Balaban J connectivity index is 1.82. The van der Waals surface area contributed by atoms with Crippen LogP contribution in [0.5, 0.6) is 17.4 Å². The summed E-state index contributed by atoms with van der Waals surface area (Å²) in [6, 6.07) is 11.5. The number of hydrogen-bond donors (Lipinski definition) is 1. The van der Waals surface area contributed by atoms with Gasteiger partial charge in [0.15, 0.2) is 23.4 Å². The number of fused-ring (bicyclic) bond motifs is 3. The van der Waals surface area contributed by atoms with E-state index in [-0.39, 0.29) is 0 Å². The number of hydrogen-bond acceptors (Lipinski definition) is 8. The van der Waals surface area contributed by atoms with Gasteiger partial charge in [0.1, 0.15) is 0 Å². The molecule has 1 aromatic heterocycles. The summed E-state index contributed by atoms with van der Waals surface area (Å²) in [5.74, 6) is 2.30. The molecular formula is C21H19BrN4O3S. The molecule has 0 fully saturated rings. The molecule has 9 heteroatoms. The van der Waals surface area contributed by atoms with E-state index in [1.54, 1.807) is 20.3 Å². The first-order valence-corrected chi connectivity index (χ1v) is 10.8. The summed E-state index contributed by atoms with van der Waals surface area (Å²) in [5, 5.41) is 12.6. The van der Waals surface area contributed by atoms with Gasteiger partial charge in [0.05, 0.1) is 14.2 Å². The Morgan fingerprint density at radius 1 is 1.20 bits per heavy atom. The van der Waals surface area contributed by atoms with Crippen molar-refractivity contribution in [3.63, 3.8) is 0 Å². The number of aromatic nitrogens is 3. The Bertz CT molecular complexity index is 1100. The number of thioether (sulfide) groups is 1. The van der Waals surface area contributed by atoms with Gasteiger partial charge in [-0.2, -0.15) is 4.98 Å². The summed E-state index contributed by atoms with van der Waals surface area (Å²) in [7, 11) is 3.20. The van der Waals surface area contributed by atoms with E-state index < -0.39 is 6.23 Å². The number of halogens is 1. The van der Waals surface area contributed by atoms with Gasteiger partial charge in [-0.3, -0.25) is 0 Å². The van der Waals surface area contributed by atoms with E-state index in [1.807, 2.05) is 36.4 Å². The molecular weight excluding hydrogens is 468 g/mol. The van der Waals surface area contributed by atoms with Crippen molar-refractivity contribution in [2.45, 2.75) is 11.4 Å². The number of nitrogens with one attached hydrogen (secondary N) is 1. The molecule has 1 atom stereocenters. The van der Waals surface area contributed by atoms with Crippen LogP contribution in [0.2, 0.25) is 0 Å². The van der Waals surface area contributed by atoms with Crippen LogP contribution in [0.3, 0.4) is 0 Å².